The number of ether oxygens (including phenoxy) is 2. The molecule has 2 rings (SSSR count). The summed E-state index contributed by atoms with van der Waals surface area (Å²) in [6.07, 6.45) is 1.49. The van der Waals surface area contributed by atoms with E-state index in [9.17, 15) is 4.79 Å². The molecule has 0 aliphatic carbocycles. The summed E-state index contributed by atoms with van der Waals surface area (Å²) >= 11 is 0. The Labute approximate surface area is 135 Å². The maximum atomic E-state index is 12.4. The first-order valence-electron chi connectivity index (χ1n) is 7.56. The van der Waals surface area contributed by atoms with Crippen molar-refractivity contribution in [2.24, 2.45) is 0 Å². The molecule has 0 fully saturated rings. The number of carbonyl (C=O) groups excluding carboxylic acids is 1. The van der Waals surface area contributed by atoms with Crippen LogP contribution < -0.4 is 14.8 Å². The Morgan fingerprint density at radius 1 is 1.13 bits per heavy atom. The highest BCUT2D eigenvalue weighted by molar-refractivity contribution is 6.04. The van der Waals surface area contributed by atoms with Gasteiger partial charge in [-0.25, -0.2) is 4.98 Å². The third-order valence-electron chi connectivity index (χ3n) is 3.30. The smallest absolute Gasteiger partial charge is 0.319 e. The predicted molar refractivity (Wildman–Crippen MR) is 88.2 cm³/mol. The van der Waals surface area contributed by atoms with E-state index in [0.29, 0.717) is 30.3 Å². The Morgan fingerprint density at radius 2 is 1.87 bits per heavy atom. The topological polar surface area (TPSA) is 73.3 Å². The highest BCUT2D eigenvalue weighted by Crippen LogP contribution is 2.24. The first-order valence-corrected chi connectivity index (χ1v) is 7.56. The Hall–Kier alpha value is -2.63. The standard InChI is InChI=1S/C17H21N3O3/c1-5-22-16-14(10-18-17(20-16)23-6-2)19-15(21)13-8-7-11(3)12(4)9-13/h7-10H,5-6H2,1-4H3,(H,19,21). The Kier molecular flexibility index (Phi) is 5.51. The number of nitrogens with zero attached hydrogens (tertiary/aromatic N) is 2. The average molecular weight is 315 g/mol. The van der Waals surface area contributed by atoms with E-state index in [1.54, 1.807) is 6.07 Å². The van der Waals surface area contributed by atoms with Gasteiger partial charge in [-0.2, -0.15) is 4.98 Å². The van der Waals surface area contributed by atoms with Crippen LogP contribution >= 0.6 is 0 Å². The Balaban J connectivity index is 2.23. The van der Waals surface area contributed by atoms with Gasteiger partial charge in [-0.3, -0.25) is 4.79 Å². The fourth-order valence-electron chi connectivity index (χ4n) is 1.96. The van der Waals surface area contributed by atoms with E-state index in [-0.39, 0.29) is 11.9 Å². The van der Waals surface area contributed by atoms with Gasteiger partial charge in [-0.15, -0.1) is 0 Å². The molecule has 1 N–H and O–H groups in total. The van der Waals surface area contributed by atoms with Crippen LogP contribution in [0.25, 0.3) is 0 Å². The zero-order chi connectivity index (χ0) is 16.8. The maximum absolute atomic E-state index is 12.4. The summed E-state index contributed by atoms with van der Waals surface area (Å²) in [6.45, 7) is 8.55. The fraction of sp³-hybridized carbons (Fsp3) is 0.353. The Bertz CT molecular complexity index is 701. The second-order valence-electron chi connectivity index (χ2n) is 4.99. The van der Waals surface area contributed by atoms with Gasteiger partial charge < -0.3 is 14.8 Å². The van der Waals surface area contributed by atoms with Gasteiger partial charge in [0, 0.05) is 5.56 Å². The zero-order valence-electron chi connectivity index (χ0n) is 13.8. The lowest BCUT2D eigenvalue weighted by Crippen LogP contribution is -2.14. The fourth-order valence-corrected chi connectivity index (χ4v) is 1.96. The van der Waals surface area contributed by atoms with Gasteiger partial charge in [0.25, 0.3) is 5.91 Å². The highest BCUT2D eigenvalue weighted by atomic mass is 16.5. The van der Waals surface area contributed by atoms with Crippen molar-refractivity contribution < 1.29 is 14.3 Å². The van der Waals surface area contributed by atoms with E-state index in [1.807, 2.05) is 39.8 Å². The van der Waals surface area contributed by atoms with Gasteiger partial charge in [0.15, 0.2) is 0 Å². The van der Waals surface area contributed by atoms with Crippen molar-refractivity contribution in [1.82, 2.24) is 9.97 Å². The molecule has 1 amide bonds. The lowest BCUT2D eigenvalue weighted by molar-refractivity contribution is 0.102. The van der Waals surface area contributed by atoms with Crippen LogP contribution in [0.1, 0.15) is 35.3 Å². The third kappa shape index (κ3) is 4.18. The van der Waals surface area contributed by atoms with Gasteiger partial charge in [-0.05, 0) is 51.0 Å². The zero-order valence-corrected chi connectivity index (χ0v) is 13.8. The molecule has 0 aliphatic heterocycles. The largest absolute Gasteiger partial charge is 0.476 e. The van der Waals surface area contributed by atoms with E-state index in [1.165, 1.54) is 6.20 Å². The molecule has 23 heavy (non-hydrogen) atoms. The molecule has 0 saturated heterocycles. The second kappa shape index (κ2) is 7.58. The lowest BCUT2D eigenvalue weighted by Gasteiger charge is -2.12. The van der Waals surface area contributed by atoms with E-state index in [0.717, 1.165) is 11.1 Å². The number of nitrogens with one attached hydrogen (secondary N) is 1. The molecule has 0 bridgehead atoms. The van der Waals surface area contributed by atoms with E-state index >= 15 is 0 Å². The van der Waals surface area contributed by atoms with E-state index in [4.69, 9.17) is 9.47 Å². The first kappa shape index (κ1) is 16.7. The van der Waals surface area contributed by atoms with Crippen LogP contribution in [0.2, 0.25) is 0 Å². The van der Waals surface area contributed by atoms with Crippen LogP contribution in [0.15, 0.2) is 24.4 Å². The molecule has 0 spiro atoms. The molecule has 1 aromatic heterocycles. The minimum atomic E-state index is -0.234. The molecule has 0 radical (unpaired) electrons. The number of anilines is 1. The van der Waals surface area contributed by atoms with Crippen molar-refractivity contribution in [2.75, 3.05) is 18.5 Å². The van der Waals surface area contributed by atoms with Crippen molar-refractivity contribution in [3.8, 4) is 11.9 Å². The highest BCUT2D eigenvalue weighted by Gasteiger charge is 2.14. The van der Waals surface area contributed by atoms with Crippen LogP contribution in [-0.2, 0) is 0 Å². The SMILES string of the molecule is CCOc1ncc(NC(=O)c2ccc(C)c(C)c2)c(OCC)n1. The number of hydrogen-bond donors (Lipinski definition) is 1. The minimum absolute atomic E-state index is 0.222. The molecular weight excluding hydrogens is 294 g/mol. The monoisotopic (exact) mass is 315 g/mol. The molecule has 0 saturated carbocycles. The summed E-state index contributed by atoms with van der Waals surface area (Å²) in [7, 11) is 0. The van der Waals surface area contributed by atoms with Crippen molar-refractivity contribution in [3.05, 3.63) is 41.1 Å². The molecule has 0 aliphatic rings. The normalized spacial score (nSPS) is 10.3. The maximum Gasteiger partial charge on any atom is 0.319 e. The Morgan fingerprint density at radius 3 is 2.52 bits per heavy atom. The summed E-state index contributed by atoms with van der Waals surface area (Å²) in [5.74, 6) is 0.0601. The average Bonchev–Trinajstić information content (AvgIpc) is 2.53. The molecule has 122 valence electrons. The van der Waals surface area contributed by atoms with Crippen molar-refractivity contribution >= 4 is 11.6 Å². The summed E-state index contributed by atoms with van der Waals surface area (Å²) in [4.78, 5) is 20.6. The quantitative estimate of drug-likeness (QED) is 0.886. The first-order chi connectivity index (χ1) is 11.0. The molecule has 1 aromatic carbocycles. The van der Waals surface area contributed by atoms with E-state index in [2.05, 4.69) is 15.3 Å². The number of rotatable bonds is 6. The molecule has 6 heteroatoms. The van der Waals surface area contributed by atoms with Gasteiger partial charge in [0.1, 0.15) is 5.69 Å². The molecule has 2 aromatic rings. The summed E-state index contributed by atoms with van der Waals surface area (Å²) in [5.41, 5.74) is 3.19. The number of aromatic nitrogens is 2. The van der Waals surface area contributed by atoms with Gasteiger partial charge in [0.2, 0.25) is 5.88 Å². The number of benzene rings is 1. The summed E-state index contributed by atoms with van der Waals surface area (Å²) < 4.78 is 10.7. The van der Waals surface area contributed by atoms with Crippen molar-refractivity contribution in [1.29, 1.82) is 0 Å². The van der Waals surface area contributed by atoms with Crippen molar-refractivity contribution in [2.45, 2.75) is 27.7 Å². The van der Waals surface area contributed by atoms with Crippen LogP contribution in [-0.4, -0.2) is 29.1 Å². The minimum Gasteiger partial charge on any atom is -0.476 e. The third-order valence-corrected chi connectivity index (χ3v) is 3.30. The van der Waals surface area contributed by atoms with Crippen LogP contribution in [0.4, 0.5) is 5.69 Å². The molecule has 0 atom stereocenters. The number of carbonyl (C=O) groups is 1. The lowest BCUT2D eigenvalue weighted by atomic mass is 10.1. The van der Waals surface area contributed by atoms with Gasteiger partial charge in [-0.1, -0.05) is 6.07 Å². The predicted octanol–water partition coefficient (Wildman–Crippen LogP) is 3.14. The summed E-state index contributed by atoms with van der Waals surface area (Å²) in [6, 6.07) is 5.77. The number of hydrogen-bond acceptors (Lipinski definition) is 5. The molecule has 0 unspecified atom stereocenters. The molecule has 6 nitrogen and oxygen atoms in total. The molecular formula is C17H21N3O3. The van der Waals surface area contributed by atoms with Crippen LogP contribution in [0.3, 0.4) is 0 Å². The van der Waals surface area contributed by atoms with Gasteiger partial charge in [0.05, 0.1) is 19.4 Å². The number of aryl methyl sites for hydroxylation is 2. The number of amides is 1. The summed E-state index contributed by atoms with van der Waals surface area (Å²) in [5, 5.41) is 2.78. The molecule has 1 heterocycles. The van der Waals surface area contributed by atoms with E-state index < -0.39 is 0 Å². The van der Waals surface area contributed by atoms with Crippen molar-refractivity contribution in [3.63, 3.8) is 0 Å². The van der Waals surface area contributed by atoms with Crippen LogP contribution in [0, 0.1) is 13.8 Å². The second-order valence-corrected chi connectivity index (χ2v) is 4.99. The van der Waals surface area contributed by atoms with Crippen LogP contribution in [0.5, 0.6) is 11.9 Å². The van der Waals surface area contributed by atoms with Gasteiger partial charge >= 0.3 is 6.01 Å².